The quantitative estimate of drug-likeness (QED) is 0.683. The van der Waals surface area contributed by atoms with Crippen molar-refractivity contribution in [3.8, 4) is 0 Å². The lowest BCUT2D eigenvalue weighted by atomic mass is 10.0. The molecule has 6 heteroatoms. The Labute approximate surface area is 110 Å². The van der Waals surface area contributed by atoms with Crippen LogP contribution < -0.4 is 11.1 Å². The van der Waals surface area contributed by atoms with Crippen molar-refractivity contribution in [3.05, 3.63) is 0 Å². The zero-order valence-corrected chi connectivity index (χ0v) is 12.6. The van der Waals surface area contributed by atoms with E-state index in [1.807, 2.05) is 6.92 Å². The number of carbonyl (C=O) groups is 1. The van der Waals surface area contributed by atoms with E-state index < -0.39 is 15.9 Å². The molecule has 2 atom stereocenters. The molecule has 0 bridgehead atoms. The van der Waals surface area contributed by atoms with Gasteiger partial charge in [0.25, 0.3) is 0 Å². The molecule has 18 heavy (non-hydrogen) atoms. The highest BCUT2D eigenvalue weighted by molar-refractivity contribution is 7.90. The molecule has 0 aliphatic rings. The van der Waals surface area contributed by atoms with Crippen molar-refractivity contribution in [1.29, 1.82) is 0 Å². The van der Waals surface area contributed by atoms with E-state index in [-0.39, 0.29) is 24.1 Å². The van der Waals surface area contributed by atoms with E-state index in [9.17, 15) is 13.2 Å². The minimum Gasteiger partial charge on any atom is -0.352 e. The molecule has 2 unspecified atom stereocenters. The zero-order valence-electron chi connectivity index (χ0n) is 11.8. The van der Waals surface area contributed by atoms with Crippen LogP contribution in [0.3, 0.4) is 0 Å². The number of sulfone groups is 1. The molecule has 0 saturated carbocycles. The predicted octanol–water partition coefficient (Wildman–Crippen LogP) is 0.689. The average molecular weight is 278 g/mol. The second-order valence-electron chi connectivity index (χ2n) is 5.41. The van der Waals surface area contributed by atoms with Crippen molar-refractivity contribution in [2.45, 2.75) is 52.1 Å². The fraction of sp³-hybridized carbons (Fsp3) is 0.917. The van der Waals surface area contributed by atoms with Crippen molar-refractivity contribution in [2.75, 3.05) is 12.0 Å². The zero-order chi connectivity index (χ0) is 14.3. The van der Waals surface area contributed by atoms with Crippen LogP contribution >= 0.6 is 0 Å². The normalized spacial score (nSPS) is 15.4. The largest absolute Gasteiger partial charge is 0.352 e. The van der Waals surface area contributed by atoms with Crippen LogP contribution in [0.2, 0.25) is 0 Å². The highest BCUT2D eigenvalue weighted by Gasteiger charge is 2.17. The second-order valence-corrected chi connectivity index (χ2v) is 7.67. The smallest absolute Gasteiger partial charge is 0.237 e. The number of amides is 1. The third-order valence-corrected chi connectivity index (χ3v) is 3.68. The van der Waals surface area contributed by atoms with E-state index in [4.69, 9.17) is 5.73 Å². The molecule has 0 aromatic heterocycles. The summed E-state index contributed by atoms with van der Waals surface area (Å²) in [6, 6.07) is -0.676. The Kier molecular flexibility index (Phi) is 7.47. The first-order valence-electron chi connectivity index (χ1n) is 6.35. The predicted molar refractivity (Wildman–Crippen MR) is 74.0 cm³/mol. The number of nitrogens with one attached hydrogen (secondary N) is 1. The van der Waals surface area contributed by atoms with Gasteiger partial charge < -0.3 is 11.1 Å². The van der Waals surface area contributed by atoms with E-state index >= 15 is 0 Å². The molecule has 0 radical (unpaired) electrons. The number of nitrogens with two attached hydrogens (primary N) is 1. The third-order valence-electron chi connectivity index (χ3n) is 2.70. The molecule has 1 amide bonds. The summed E-state index contributed by atoms with van der Waals surface area (Å²) in [6.45, 7) is 6.20. The molecule has 0 aliphatic heterocycles. The second kappa shape index (κ2) is 7.74. The van der Waals surface area contributed by atoms with Gasteiger partial charge in [0.15, 0.2) is 0 Å². The standard InChI is InChI=1S/C12H26N2O3S/c1-9(2)5-6-10(3)14-12(15)11(13)7-8-18(4,16)17/h9-11H,5-8,13H2,1-4H3,(H,14,15). The highest BCUT2D eigenvalue weighted by atomic mass is 32.2. The van der Waals surface area contributed by atoms with E-state index in [1.54, 1.807) is 0 Å². The van der Waals surface area contributed by atoms with Crippen LogP contribution in [0.15, 0.2) is 0 Å². The molecule has 0 aromatic rings. The molecule has 3 N–H and O–H groups in total. The molecule has 0 aliphatic carbocycles. The van der Waals surface area contributed by atoms with E-state index in [1.165, 1.54) is 0 Å². The molecule has 0 saturated heterocycles. The summed E-state index contributed by atoms with van der Waals surface area (Å²) in [5.41, 5.74) is 5.65. The van der Waals surface area contributed by atoms with E-state index in [2.05, 4.69) is 19.2 Å². The van der Waals surface area contributed by atoms with Crippen LogP contribution in [0.25, 0.3) is 0 Å². The van der Waals surface area contributed by atoms with Gasteiger partial charge in [0.2, 0.25) is 5.91 Å². The van der Waals surface area contributed by atoms with Crippen molar-refractivity contribution < 1.29 is 13.2 Å². The Morgan fingerprint density at radius 1 is 1.17 bits per heavy atom. The lowest BCUT2D eigenvalue weighted by molar-refractivity contribution is -0.123. The van der Waals surface area contributed by atoms with Gasteiger partial charge >= 0.3 is 0 Å². The molecule has 0 heterocycles. The van der Waals surface area contributed by atoms with Crippen molar-refractivity contribution >= 4 is 15.7 Å². The first-order chi connectivity index (χ1) is 8.11. The highest BCUT2D eigenvalue weighted by Crippen LogP contribution is 2.06. The van der Waals surface area contributed by atoms with Crippen molar-refractivity contribution in [3.63, 3.8) is 0 Å². The van der Waals surface area contributed by atoms with Gasteiger partial charge in [-0.15, -0.1) is 0 Å². The van der Waals surface area contributed by atoms with Crippen LogP contribution in [0.5, 0.6) is 0 Å². The first kappa shape index (κ1) is 17.4. The first-order valence-corrected chi connectivity index (χ1v) is 8.41. The third kappa shape index (κ3) is 9.41. The van der Waals surface area contributed by atoms with Gasteiger partial charge in [0.05, 0.1) is 11.8 Å². The van der Waals surface area contributed by atoms with Gasteiger partial charge in [0, 0.05) is 12.3 Å². The minimum absolute atomic E-state index is 0.0536. The van der Waals surface area contributed by atoms with Gasteiger partial charge in [0.1, 0.15) is 9.84 Å². The van der Waals surface area contributed by atoms with Crippen molar-refractivity contribution in [2.24, 2.45) is 11.7 Å². The number of hydrogen-bond acceptors (Lipinski definition) is 4. The summed E-state index contributed by atoms with van der Waals surface area (Å²) in [5.74, 6) is 0.278. The summed E-state index contributed by atoms with van der Waals surface area (Å²) in [5, 5.41) is 2.81. The average Bonchev–Trinajstić information content (AvgIpc) is 2.21. The maximum atomic E-state index is 11.7. The Bertz CT molecular complexity index is 352. The summed E-state index contributed by atoms with van der Waals surface area (Å²) in [4.78, 5) is 11.7. The SMILES string of the molecule is CC(C)CCC(C)NC(=O)C(N)CCS(C)(=O)=O. The monoisotopic (exact) mass is 278 g/mol. The minimum atomic E-state index is -3.06. The van der Waals surface area contributed by atoms with Gasteiger partial charge in [-0.2, -0.15) is 0 Å². The molecule has 5 nitrogen and oxygen atoms in total. The van der Waals surface area contributed by atoms with Gasteiger partial charge in [-0.25, -0.2) is 8.42 Å². The molecular formula is C12H26N2O3S. The summed E-state index contributed by atoms with van der Waals surface area (Å²) in [7, 11) is -3.06. The molecule has 0 fully saturated rings. The van der Waals surface area contributed by atoms with Crippen LogP contribution in [0, 0.1) is 5.92 Å². The topological polar surface area (TPSA) is 89.3 Å². The molecule has 0 spiro atoms. The lowest BCUT2D eigenvalue weighted by Crippen LogP contribution is -2.45. The lowest BCUT2D eigenvalue weighted by Gasteiger charge is -2.18. The maximum absolute atomic E-state index is 11.7. The molecule has 0 aromatic carbocycles. The fourth-order valence-corrected chi connectivity index (χ4v) is 2.16. The Morgan fingerprint density at radius 3 is 2.17 bits per heavy atom. The number of carbonyl (C=O) groups excluding carboxylic acids is 1. The Hall–Kier alpha value is -0.620. The molecule has 0 rings (SSSR count). The Balaban J connectivity index is 4.00. The van der Waals surface area contributed by atoms with E-state index in [0.29, 0.717) is 5.92 Å². The van der Waals surface area contributed by atoms with Crippen LogP contribution in [0.4, 0.5) is 0 Å². The fourth-order valence-electron chi connectivity index (χ4n) is 1.48. The van der Waals surface area contributed by atoms with Gasteiger partial charge in [-0.1, -0.05) is 13.8 Å². The summed E-state index contributed by atoms with van der Waals surface area (Å²) >= 11 is 0. The summed E-state index contributed by atoms with van der Waals surface area (Å²) in [6.07, 6.45) is 3.26. The van der Waals surface area contributed by atoms with Crippen LogP contribution in [-0.4, -0.2) is 38.4 Å². The maximum Gasteiger partial charge on any atom is 0.237 e. The van der Waals surface area contributed by atoms with E-state index in [0.717, 1.165) is 19.1 Å². The Morgan fingerprint density at radius 2 is 1.72 bits per heavy atom. The number of hydrogen-bond donors (Lipinski definition) is 2. The molecule has 108 valence electrons. The van der Waals surface area contributed by atoms with Crippen molar-refractivity contribution in [1.82, 2.24) is 5.32 Å². The van der Waals surface area contributed by atoms with Crippen LogP contribution in [0.1, 0.15) is 40.0 Å². The van der Waals surface area contributed by atoms with Gasteiger partial charge in [-0.3, -0.25) is 4.79 Å². The molecular weight excluding hydrogens is 252 g/mol. The van der Waals surface area contributed by atoms with Gasteiger partial charge in [-0.05, 0) is 32.1 Å². The number of rotatable bonds is 8. The summed E-state index contributed by atoms with van der Waals surface area (Å²) < 4.78 is 21.9. The van der Waals surface area contributed by atoms with Crippen LogP contribution in [-0.2, 0) is 14.6 Å².